The number of rotatable bonds is 14. The zero-order chi connectivity index (χ0) is 15.1. The Kier molecular flexibility index (Phi) is 14.4. The van der Waals surface area contributed by atoms with Gasteiger partial charge in [0.05, 0.1) is 12.0 Å². The molecule has 0 aromatic carbocycles. The fourth-order valence-electron chi connectivity index (χ4n) is 2.63. The van der Waals surface area contributed by atoms with Crippen molar-refractivity contribution >= 4 is 0 Å². The molecular weight excluding hydrogens is 244 g/mol. The molecule has 0 N–H and O–H groups in total. The van der Waals surface area contributed by atoms with Gasteiger partial charge < -0.3 is 4.90 Å². The fourth-order valence-corrected chi connectivity index (χ4v) is 2.63. The molecule has 0 saturated carbocycles. The summed E-state index contributed by atoms with van der Waals surface area (Å²) in [6, 6.07) is 2.33. The van der Waals surface area contributed by atoms with E-state index in [9.17, 15) is 0 Å². The molecular formula is C18H36N2. The Morgan fingerprint density at radius 3 is 1.80 bits per heavy atom. The van der Waals surface area contributed by atoms with Crippen LogP contribution in [0.4, 0.5) is 0 Å². The van der Waals surface area contributed by atoms with Crippen LogP contribution in [0, 0.1) is 17.2 Å². The topological polar surface area (TPSA) is 27.0 Å². The van der Waals surface area contributed by atoms with Crippen LogP contribution in [0.3, 0.4) is 0 Å². The number of unbranched alkanes of at least 4 members (excludes halogenated alkanes) is 9. The van der Waals surface area contributed by atoms with E-state index in [0.717, 1.165) is 13.1 Å². The Bertz CT molecular complexity index is 232. The first-order chi connectivity index (χ1) is 9.74. The van der Waals surface area contributed by atoms with Crippen molar-refractivity contribution in [1.29, 1.82) is 5.26 Å². The molecule has 0 radical (unpaired) electrons. The normalized spacial score (nSPS) is 12.6. The molecule has 0 amide bonds. The molecule has 0 saturated heterocycles. The van der Waals surface area contributed by atoms with Crippen molar-refractivity contribution in [3.05, 3.63) is 0 Å². The first kappa shape index (κ1) is 19.4. The number of nitriles is 1. The molecule has 1 atom stereocenters. The van der Waals surface area contributed by atoms with Crippen molar-refractivity contribution in [3.63, 3.8) is 0 Å². The third kappa shape index (κ3) is 12.5. The van der Waals surface area contributed by atoms with Gasteiger partial charge in [0.15, 0.2) is 0 Å². The van der Waals surface area contributed by atoms with Gasteiger partial charge in [0.1, 0.15) is 0 Å². The molecule has 0 aliphatic carbocycles. The highest BCUT2D eigenvalue weighted by molar-refractivity contribution is 4.81. The second-order valence-electron chi connectivity index (χ2n) is 6.11. The lowest BCUT2D eigenvalue weighted by atomic mass is 10.1. The van der Waals surface area contributed by atoms with Crippen LogP contribution in [0.5, 0.6) is 0 Å². The molecule has 0 fully saturated rings. The molecule has 2 heteroatoms. The van der Waals surface area contributed by atoms with E-state index in [1.54, 1.807) is 0 Å². The first-order valence-corrected chi connectivity index (χ1v) is 8.86. The summed E-state index contributed by atoms with van der Waals surface area (Å²) in [6.07, 6.45) is 13.9. The zero-order valence-corrected chi connectivity index (χ0v) is 14.2. The van der Waals surface area contributed by atoms with Gasteiger partial charge in [-0.05, 0) is 26.4 Å². The van der Waals surface area contributed by atoms with E-state index >= 15 is 0 Å². The molecule has 0 aliphatic heterocycles. The van der Waals surface area contributed by atoms with E-state index in [2.05, 4.69) is 24.8 Å². The summed E-state index contributed by atoms with van der Waals surface area (Å²) in [6.45, 7) is 9.66. The maximum Gasteiger partial charge on any atom is 0.0666 e. The minimum Gasteiger partial charge on any atom is -0.302 e. The van der Waals surface area contributed by atoms with Gasteiger partial charge >= 0.3 is 0 Å². The van der Waals surface area contributed by atoms with Gasteiger partial charge in [-0.3, -0.25) is 0 Å². The van der Waals surface area contributed by atoms with Crippen LogP contribution in [-0.2, 0) is 0 Å². The summed E-state index contributed by atoms with van der Waals surface area (Å²) < 4.78 is 0. The molecule has 0 aliphatic rings. The molecule has 0 aromatic heterocycles. The van der Waals surface area contributed by atoms with Crippen LogP contribution in [0.2, 0.25) is 0 Å². The van der Waals surface area contributed by atoms with Crippen molar-refractivity contribution in [2.45, 2.75) is 85.0 Å². The summed E-state index contributed by atoms with van der Waals surface area (Å²) in [5.74, 6) is 0.165. The lowest BCUT2D eigenvalue weighted by molar-refractivity contribution is 0.262. The molecule has 0 aromatic rings. The molecule has 118 valence electrons. The fraction of sp³-hybridized carbons (Fsp3) is 0.944. The number of hydrogen-bond donors (Lipinski definition) is 0. The van der Waals surface area contributed by atoms with Gasteiger partial charge in [-0.25, -0.2) is 0 Å². The maximum absolute atomic E-state index is 8.85. The first-order valence-electron chi connectivity index (χ1n) is 8.86. The van der Waals surface area contributed by atoms with E-state index < -0.39 is 0 Å². The van der Waals surface area contributed by atoms with Gasteiger partial charge in [-0.15, -0.1) is 0 Å². The van der Waals surface area contributed by atoms with E-state index in [1.807, 2.05) is 6.92 Å². The van der Waals surface area contributed by atoms with Crippen molar-refractivity contribution in [3.8, 4) is 6.07 Å². The SMILES string of the molecule is CCCCCCCCCCCCN(CC)CC(C)C#N. The minimum absolute atomic E-state index is 0.165. The minimum atomic E-state index is 0.165. The molecule has 1 unspecified atom stereocenters. The largest absolute Gasteiger partial charge is 0.302 e. The lowest BCUT2D eigenvalue weighted by Crippen LogP contribution is -2.29. The third-order valence-corrected chi connectivity index (χ3v) is 4.03. The highest BCUT2D eigenvalue weighted by atomic mass is 15.1. The average molecular weight is 280 g/mol. The molecule has 0 spiro atoms. The van der Waals surface area contributed by atoms with Gasteiger partial charge in [-0.1, -0.05) is 71.6 Å². The molecule has 0 heterocycles. The number of hydrogen-bond acceptors (Lipinski definition) is 2. The summed E-state index contributed by atoms with van der Waals surface area (Å²) >= 11 is 0. The quantitative estimate of drug-likeness (QED) is 0.399. The molecule has 20 heavy (non-hydrogen) atoms. The second-order valence-corrected chi connectivity index (χ2v) is 6.11. The Morgan fingerprint density at radius 1 is 0.850 bits per heavy atom. The standard InChI is InChI=1S/C18H36N2/c1-4-6-7-8-9-10-11-12-13-14-15-20(5-2)17-18(3)16-19/h18H,4-15,17H2,1-3H3. The van der Waals surface area contributed by atoms with Crippen LogP contribution in [0.25, 0.3) is 0 Å². The van der Waals surface area contributed by atoms with Crippen LogP contribution >= 0.6 is 0 Å². The monoisotopic (exact) mass is 280 g/mol. The van der Waals surface area contributed by atoms with Gasteiger partial charge in [0.2, 0.25) is 0 Å². The number of nitrogens with zero attached hydrogens (tertiary/aromatic N) is 2. The zero-order valence-electron chi connectivity index (χ0n) is 14.2. The van der Waals surface area contributed by atoms with E-state index in [4.69, 9.17) is 5.26 Å². The smallest absolute Gasteiger partial charge is 0.0666 e. The Balaban J connectivity index is 3.31. The van der Waals surface area contributed by atoms with Gasteiger partial charge in [0, 0.05) is 6.54 Å². The Hall–Kier alpha value is -0.550. The summed E-state index contributed by atoms with van der Waals surface area (Å²) in [5.41, 5.74) is 0. The average Bonchev–Trinajstić information content (AvgIpc) is 2.47. The second kappa shape index (κ2) is 14.9. The van der Waals surface area contributed by atoms with Crippen LogP contribution < -0.4 is 0 Å². The third-order valence-electron chi connectivity index (χ3n) is 4.03. The lowest BCUT2D eigenvalue weighted by Gasteiger charge is -2.21. The van der Waals surface area contributed by atoms with E-state index in [1.165, 1.54) is 70.8 Å². The summed E-state index contributed by atoms with van der Waals surface area (Å²) in [4.78, 5) is 2.42. The van der Waals surface area contributed by atoms with Crippen molar-refractivity contribution in [2.75, 3.05) is 19.6 Å². The highest BCUT2D eigenvalue weighted by Gasteiger charge is 2.06. The van der Waals surface area contributed by atoms with Crippen LogP contribution in [-0.4, -0.2) is 24.5 Å². The van der Waals surface area contributed by atoms with Crippen molar-refractivity contribution < 1.29 is 0 Å². The molecule has 0 bridgehead atoms. The van der Waals surface area contributed by atoms with Gasteiger partial charge in [0.25, 0.3) is 0 Å². The molecule has 0 rings (SSSR count). The summed E-state index contributed by atoms with van der Waals surface area (Å²) in [5, 5.41) is 8.85. The van der Waals surface area contributed by atoms with E-state index in [-0.39, 0.29) is 5.92 Å². The summed E-state index contributed by atoms with van der Waals surface area (Å²) in [7, 11) is 0. The van der Waals surface area contributed by atoms with Gasteiger partial charge in [-0.2, -0.15) is 5.26 Å². The maximum atomic E-state index is 8.85. The predicted molar refractivity (Wildman–Crippen MR) is 88.7 cm³/mol. The van der Waals surface area contributed by atoms with Crippen LogP contribution in [0.15, 0.2) is 0 Å². The van der Waals surface area contributed by atoms with Crippen molar-refractivity contribution in [1.82, 2.24) is 4.90 Å². The highest BCUT2D eigenvalue weighted by Crippen LogP contribution is 2.11. The van der Waals surface area contributed by atoms with Crippen molar-refractivity contribution in [2.24, 2.45) is 5.92 Å². The molecule has 2 nitrogen and oxygen atoms in total. The Morgan fingerprint density at radius 2 is 1.35 bits per heavy atom. The van der Waals surface area contributed by atoms with E-state index in [0.29, 0.717) is 0 Å². The van der Waals surface area contributed by atoms with Crippen LogP contribution in [0.1, 0.15) is 85.0 Å². The predicted octanol–water partition coefficient (Wildman–Crippen LogP) is 5.39. The Labute approximate surface area is 127 Å².